The van der Waals surface area contributed by atoms with Gasteiger partial charge >= 0.3 is 0 Å². The van der Waals surface area contributed by atoms with Crippen molar-refractivity contribution in [2.24, 2.45) is 0 Å². The summed E-state index contributed by atoms with van der Waals surface area (Å²) in [7, 11) is 0. The van der Waals surface area contributed by atoms with Crippen LogP contribution in [0.4, 0.5) is 0 Å². The molecule has 2 N–H and O–H groups in total. The zero-order chi connectivity index (χ0) is 14.7. The van der Waals surface area contributed by atoms with Crippen LogP contribution >= 0.6 is 0 Å². The van der Waals surface area contributed by atoms with Gasteiger partial charge < -0.3 is 10.2 Å². The fourth-order valence-corrected chi connectivity index (χ4v) is 2.60. The Kier molecular flexibility index (Phi) is 4.33. The van der Waals surface area contributed by atoms with E-state index in [1.807, 2.05) is 13.0 Å². The highest BCUT2D eigenvalue weighted by Crippen LogP contribution is 2.36. The second-order valence-electron chi connectivity index (χ2n) is 5.04. The van der Waals surface area contributed by atoms with Gasteiger partial charge in [0.15, 0.2) is 0 Å². The fourth-order valence-electron chi connectivity index (χ4n) is 2.60. The Morgan fingerprint density at radius 2 is 1.35 bits per heavy atom. The molecular weight excluding hydrogens is 248 g/mol. The summed E-state index contributed by atoms with van der Waals surface area (Å²) in [6, 6.07) is 9.55. The maximum Gasteiger partial charge on any atom is 0.123 e. The number of phenols is 2. The van der Waals surface area contributed by atoms with Gasteiger partial charge in [0.05, 0.1) is 0 Å². The van der Waals surface area contributed by atoms with Gasteiger partial charge in [0.25, 0.3) is 0 Å². The first-order chi connectivity index (χ1) is 9.60. The van der Waals surface area contributed by atoms with Crippen LogP contribution in [-0.4, -0.2) is 10.2 Å². The van der Waals surface area contributed by atoms with Gasteiger partial charge in [0.2, 0.25) is 0 Å². The Morgan fingerprint density at radius 1 is 0.700 bits per heavy atom. The SMILES string of the molecule is CCc1cc(O)c(-c2ccc(CC)c(CC)c2)cc1O. The van der Waals surface area contributed by atoms with Crippen molar-refractivity contribution >= 4 is 0 Å². The molecule has 0 aliphatic rings. The number of phenolic OH excluding ortho intramolecular Hbond substituents is 2. The highest BCUT2D eigenvalue weighted by atomic mass is 16.3. The predicted octanol–water partition coefficient (Wildman–Crippen LogP) is 4.45. The summed E-state index contributed by atoms with van der Waals surface area (Å²) in [5.41, 5.74) is 5.05. The summed E-state index contributed by atoms with van der Waals surface area (Å²) in [5.74, 6) is 0.476. The van der Waals surface area contributed by atoms with Crippen molar-refractivity contribution in [3.63, 3.8) is 0 Å². The van der Waals surface area contributed by atoms with E-state index in [-0.39, 0.29) is 11.5 Å². The first-order valence-electron chi connectivity index (χ1n) is 7.27. The summed E-state index contributed by atoms with van der Waals surface area (Å²) in [6.45, 7) is 6.24. The molecule has 2 heteroatoms. The van der Waals surface area contributed by atoms with Crippen LogP contribution < -0.4 is 0 Å². The summed E-state index contributed by atoms with van der Waals surface area (Å²) in [6.07, 6.45) is 2.68. The number of benzene rings is 2. The zero-order valence-electron chi connectivity index (χ0n) is 12.4. The molecule has 0 saturated heterocycles. The third-order valence-corrected chi connectivity index (χ3v) is 3.86. The topological polar surface area (TPSA) is 40.5 Å². The van der Waals surface area contributed by atoms with Crippen LogP contribution in [0.3, 0.4) is 0 Å². The van der Waals surface area contributed by atoms with Gasteiger partial charge in [-0.05, 0) is 53.6 Å². The molecular formula is C18H22O2. The quantitative estimate of drug-likeness (QED) is 0.806. The molecule has 0 heterocycles. The van der Waals surface area contributed by atoms with E-state index >= 15 is 0 Å². The lowest BCUT2D eigenvalue weighted by atomic mass is 9.95. The molecule has 2 aromatic carbocycles. The first kappa shape index (κ1) is 14.4. The van der Waals surface area contributed by atoms with Gasteiger partial charge in [-0.25, -0.2) is 0 Å². The van der Waals surface area contributed by atoms with Gasteiger partial charge in [-0.2, -0.15) is 0 Å². The summed E-state index contributed by atoms with van der Waals surface area (Å²) in [4.78, 5) is 0. The Hall–Kier alpha value is -1.96. The highest BCUT2D eigenvalue weighted by molar-refractivity contribution is 5.73. The van der Waals surface area contributed by atoms with Crippen LogP contribution in [0.1, 0.15) is 37.5 Å². The van der Waals surface area contributed by atoms with Crippen LogP contribution in [0.2, 0.25) is 0 Å². The second kappa shape index (κ2) is 6.00. The van der Waals surface area contributed by atoms with Crippen molar-refractivity contribution in [2.75, 3.05) is 0 Å². The molecule has 0 aliphatic carbocycles. The van der Waals surface area contributed by atoms with Crippen LogP contribution in [-0.2, 0) is 19.3 Å². The predicted molar refractivity (Wildman–Crippen MR) is 83.3 cm³/mol. The Labute approximate surface area is 120 Å². The maximum atomic E-state index is 10.2. The minimum absolute atomic E-state index is 0.228. The summed E-state index contributed by atoms with van der Waals surface area (Å²) in [5, 5.41) is 20.2. The van der Waals surface area contributed by atoms with Crippen LogP contribution in [0.25, 0.3) is 11.1 Å². The standard InChI is InChI=1S/C18H22O2/c1-4-12-7-8-15(9-13(12)5-2)16-11-17(19)14(6-3)10-18(16)20/h7-11,19-20H,4-6H2,1-3H3. The highest BCUT2D eigenvalue weighted by Gasteiger charge is 2.11. The molecule has 2 nitrogen and oxygen atoms in total. The molecule has 0 amide bonds. The van der Waals surface area contributed by atoms with E-state index in [2.05, 4.69) is 26.0 Å². The van der Waals surface area contributed by atoms with Crippen molar-refractivity contribution in [1.29, 1.82) is 0 Å². The largest absolute Gasteiger partial charge is 0.508 e. The molecule has 2 aromatic rings. The van der Waals surface area contributed by atoms with Crippen LogP contribution in [0.5, 0.6) is 11.5 Å². The van der Waals surface area contributed by atoms with Gasteiger partial charge in [0, 0.05) is 5.56 Å². The fraction of sp³-hybridized carbons (Fsp3) is 0.333. The third kappa shape index (κ3) is 2.64. The van der Waals surface area contributed by atoms with Crippen molar-refractivity contribution in [1.82, 2.24) is 0 Å². The molecule has 20 heavy (non-hydrogen) atoms. The number of rotatable bonds is 4. The molecule has 0 unspecified atom stereocenters. The number of hydrogen-bond donors (Lipinski definition) is 2. The third-order valence-electron chi connectivity index (χ3n) is 3.86. The Morgan fingerprint density at radius 3 is 1.95 bits per heavy atom. The maximum absolute atomic E-state index is 10.2. The average Bonchev–Trinajstić information content (AvgIpc) is 2.48. The number of hydrogen-bond acceptors (Lipinski definition) is 2. The van der Waals surface area contributed by atoms with E-state index in [0.29, 0.717) is 12.0 Å². The molecule has 2 rings (SSSR count). The van der Waals surface area contributed by atoms with Crippen LogP contribution in [0.15, 0.2) is 30.3 Å². The molecule has 0 atom stereocenters. The first-order valence-corrected chi connectivity index (χ1v) is 7.27. The smallest absolute Gasteiger partial charge is 0.123 e. The van der Waals surface area contributed by atoms with Gasteiger partial charge in [-0.1, -0.05) is 39.0 Å². The Bertz CT molecular complexity index is 615. The Balaban J connectivity index is 2.54. The second-order valence-corrected chi connectivity index (χ2v) is 5.04. The van der Waals surface area contributed by atoms with E-state index in [4.69, 9.17) is 0 Å². The van der Waals surface area contributed by atoms with E-state index in [1.54, 1.807) is 12.1 Å². The lowest BCUT2D eigenvalue weighted by Crippen LogP contribution is -1.92. The molecule has 0 aliphatic heterocycles. The van der Waals surface area contributed by atoms with E-state index in [9.17, 15) is 10.2 Å². The number of aryl methyl sites for hydroxylation is 3. The van der Waals surface area contributed by atoms with Crippen molar-refractivity contribution < 1.29 is 10.2 Å². The van der Waals surface area contributed by atoms with Crippen molar-refractivity contribution in [2.45, 2.75) is 40.0 Å². The van der Waals surface area contributed by atoms with E-state index in [0.717, 1.165) is 24.0 Å². The summed E-state index contributed by atoms with van der Waals surface area (Å²) < 4.78 is 0. The normalized spacial score (nSPS) is 10.8. The van der Waals surface area contributed by atoms with Crippen molar-refractivity contribution in [3.05, 3.63) is 47.0 Å². The van der Waals surface area contributed by atoms with Crippen molar-refractivity contribution in [3.8, 4) is 22.6 Å². The van der Waals surface area contributed by atoms with Crippen LogP contribution in [0, 0.1) is 0 Å². The summed E-state index contributed by atoms with van der Waals surface area (Å²) >= 11 is 0. The zero-order valence-corrected chi connectivity index (χ0v) is 12.4. The average molecular weight is 270 g/mol. The van der Waals surface area contributed by atoms with Gasteiger partial charge in [-0.3, -0.25) is 0 Å². The molecule has 106 valence electrons. The molecule has 0 saturated carbocycles. The molecule has 0 bridgehead atoms. The monoisotopic (exact) mass is 270 g/mol. The van der Waals surface area contributed by atoms with E-state index in [1.165, 1.54) is 11.1 Å². The lowest BCUT2D eigenvalue weighted by Gasteiger charge is -2.12. The molecule has 0 spiro atoms. The minimum atomic E-state index is 0.228. The molecule has 0 fully saturated rings. The lowest BCUT2D eigenvalue weighted by molar-refractivity contribution is 0.456. The van der Waals surface area contributed by atoms with Gasteiger partial charge in [-0.15, -0.1) is 0 Å². The number of aromatic hydroxyl groups is 2. The van der Waals surface area contributed by atoms with E-state index < -0.39 is 0 Å². The molecule has 0 radical (unpaired) electrons. The molecule has 0 aromatic heterocycles. The minimum Gasteiger partial charge on any atom is -0.508 e. The van der Waals surface area contributed by atoms with Gasteiger partial charge in [0.1, 0.15) is 11.5 Å².